The van der Waals surface area contributed by atoms with E-state index in [2.05, 4.69) is 60.3 Å². The first-order chi connectivity index (χ1) is 10.1. The van der Waals surface area contributed by atoms with Crippen molar-refractivity contribution in [3.8, 4) is 0 Å². The molecule has 1 aromatic heterocycles. The van der Waals surface area contributed by atoms with Gasteiger partial charge in [-0.25, -0.2) is 0 Å². The second-order valence-corrected chi connectivity index (χ2v) is 5.49. The number of nitrogens with zero attached hydrogens (tertiary/aromatic N) is 2. The number of fused-ring (bicyclic) bond motifs is 1. The van der Waals surface area contributed by atoms with Gasteiger partial charge in [-0.1, -0.05) is 23.8 Å². The molecule has 3 aromatic rings. The predicted molar refractivity (Wildman–Crippen MR) is 87.5 cm³/mol. The van der Waals surface area contributed by atoms with Gasteiger partial charge in [-0.05, 0) is 50.1 Å². The second-order valence-electron chi connectivity index (χ2n) is 5.49. The second kappa shape index (κ2) is 5.52. The highest BCUT2D eigenvalue weighted by Gasteiger charge is 2.09. The third kappa shape index (κ3) is 2.87. The Kier molecular flexibility index (Phi) is 3.57. The molecule has 0 fully saturated rings. The third-order valence-electron chi connectivity index (χ3n) is 3.74. The van der Waals surface area contributed by atoms with Crippen LogP contribution < -0.4 is 5.32 Å². The quantitative estimate of drug-likeness (QED) is 0.770. The highest BCUT2D eigenvalue weighted by molar-refractivity contribution is 5.78. The Bertz CT molecular complexity index is 780. The maximum Gasteiger partial charge on any atom is 0.0907 e. The van der Waals surface area contributed by atoms with E-state index in [1.807, 2.05) is 12.1 Å². The van der Waals surface area contributed by atoms with Crippen molar-refractivity contribution in [3.05, 3.63) is 65.5 Å². The predicted octanol–water partition coefficient (Wildman–Crippen LogP) is 4.42. The summed E-state index contributed by atoms with van der Waals surface area (Å²) in [5.74, 6) is 0. The van der Waals surface area contributed by atoms with Crippen molar-refractivity contribution in [3.63, 3.8) is 0 Å². The van der Waals surface area contributed by atoms with Gasteiger partial charge in [0.15, 0.2) is 0 Å². The monoisotopic (exact) mass is 277 g/mol. The molecule has 0 saturated carbocycles. The van der Waals surface area contributed by atoms with E-state index in [1.165, 1.54) is 16.7 Å². The average Bonchev–Trinajstić information content (AvgIpc) is 2.47. The molecule has 0 radical (unpaired) electrons. The fraction of sp³-hybridized carbons (Fsp3) is 0.222. The Labute approximate surface area is 125 Å². The Hall–Kier alpha value is -2.42. The molecule has 0 spiro atoms. The highest BCUT2D eigenvalue weighted by atomic mass is 14.9. The molecule has 1 heterocycles. The maximum absolute atomic E-state index is 4.35. The molecule has 0 amide bonds. The zero-order valence-electron chi connectivity index (χ0n) is 12.6. The van der Waals surface area contributed by atoms with Gasteiger partial charge in [0.1, 0.15) is 0 Å². The van der Waals surface area contributed by atoms with Crippen molar-refractivity contribution in [2.45, 2.75) is 26.8 Å². The van der Waals surface area contributed by atoms with E-state index in [4.69, 9.17) is 0 Å². The third-order valence-corrected chi connectivity index (χ3v) is 3.74. The molecule has 1 atom stereocenters. The normalized spacial score (nSPS) is 12.3. The molecule has 0 aliphatic rings. The van der Waals surface area contributed by atoms with Gasteiger partial charge in [-0.15, -0.1) is 0 Å². The van der Waals surface area contributed by atoms with Crippen molar-refractivity contribution in [2.24, 2.45) is 0 Å². The van der Waals surface area contributed by atoms with Crippen LogP contribution in [-0.2, 0) is 0 Å². The fourth-order valence-electron chi connectivity index (χ4n) is 2.69. The summed E-state index contributed by atoms with van der Waals surface area (Å²) in [6.07, 6.45) is 3.44. The molecule has 1 N–H and O–H groups in total. The van der Waals surface area contributed by atoms with Crippen molar-refractivity contribution in [2.75, 3.05) is 5.32 Å². The number of benzene rings is 2. The first kappa shape index (κ1) is 13.6. The number of anilines is 1. The summed E-state index contributed by atoms with van der Waals surface area (Å²) in [6, 6.07) is 12.9. The van der Waals surface area contributed by atoms with Gasteiger partial charge in [0.05, 0.1) is 11.0 Å². The summed E-state index contributed by atoms with van der Waals surface area (Å²) in [5.41, 5.74) is 6.83. The Morgan fingerprint density at radius 2 is 1.67 bits per heavy atom. The SMILES string of the molecule is Cc1ccc(C(C)Nc2ccc3nccnc3c2)c(C)c1. The smallest absolute Gasteiger partial charge is 0.0907 e. The maximum atomic E-state index is 4.35. The summed E-state index contributed by atoms with van der Waals surface area (Å²) in [5, 5.41) is 3.54. The molecule has 3 heteroatoms. The zero-order chi connectivity index (χ0) is 14.8. The standard InChI is InChI=1S/C18H19N3/c1-12-4-6-16(13(2)10-12)14(3)21-15-5-7-17-18(11-15)20-9-8-19-17/h4-11,14,21H,1-3H3. The lowest BCUT2D eigenvalue weighted by Crippen LogP contribution is -2.08. The summed E-state index contributed by atoms with van der Waals surface area (Å²) >= 11 is 0. The number of aryl methyl sites for hydroxylation is 2. The minimum atomic E-state index is 0.250. The lowest BCUT2D eigenvalue weighted by Gasteiger charge is -2.18. The molecule has 0 bridgehead atoms. The van der Waals surface area contributed by atoms with Gasteiger partial charge in [-0.3, -0.25) is 9.97 Å². The van der Waals surface area contributed by atoms with Crippen LogP contribution >= 0.6 is 0 Å². The van der Waals surface area contributed by atoms with Gasteiger partial charge in [0.25, 0.3) is 0 Å². The van der Waals surface area contributed by atoms with E-state index in [-0.39, 0.29) is 6.04 Å². The zero-order valence-corrected chi connectivity index (χ0v) is 12.6. The van der Waals surface area contributed by atoms with Gasteiger partial charge < -0.3 is 5.32 Å². The van der Waals surface area contributed by atoms with E-state index in [9.17, 15) is 0 Å². The van der Waals surface area contributed by atoms with Gasteiger partial charge in [-0.2, -0.15) is 0 Å². The van der Waals surface area contributed by atoms with Gasteiger partial charge in [0, 0.05) is 24.1 Å². The minimum absolute atomic E-state index is 0.250. The molecule has 106 valence electrons. The van der Waals surface area contributed by atoms with E-state index < -0.39 is 0 Å². The van der Waals surface area contributed by atoms with Crippen molar-refractivity contribution in [1.82, 2.24) is 9.97 Å². The number of rotatable bonds is 3. The largest absolute Gasteiger partial charge is 0.378 e. The van der Waals surface area contributed by atoms with E-state index in [0.717, 1.165) is 16.7 Å². The van der Waals surface area contributed by atoms with Crippen molar-refractivity contribution < 1.29 is 0 Å². The molecular weight excluding hydrogens is 258 g/mol. The van der Waals surface area contributed by atoms with E-state index >= 15 is 0 Å². The Balaban J connectivity index is 1.87. The highest BCUT2D eigenvalue weighted by Crippen LogP contribution is 2.24. The number of hydrogen-bond acceptors (Lipinski definition) is 3. The van der Waals surface area contributed by atoms with Crippen LogP contribution in [0.4, 0.5) is 5.69 Å². The molecule has 0 aliphatic heterocycles. The Morgan fingerprint density at radius 3 is 2.43 bits per heavy atom. The number of aromatic nitrogens is 2. The summed E-state index contributed by atoms with van der Waals surface area (Å²) in [4.78, 5) is 8.64. The van der Waals surface area contributed by atoms with Crippen LogP contribution in [0.3, 0.4) is 0 Å². The van der Waals surface area contributed by atoms with Crippen molar-refractivity contribution in [1.29, 1.82) is 0 Å². The van der Waals surface area contributed by atoms with Crippen LogP contribution in [0.2, 0.25) is 0 Å². The molecule has 3 rings (SSSR count). The molecule has 1 unspecified atom stereocenters. The molecular formula is C18H19N3. The van der Waals surface area contributed by atoms with E-state index in [0.29, 0.717) is 0 Å². The lowest BCUT2D eigenvalue weighted by molar-refractivity contribution is 0.873. The van der Waals surface area contributed by atoms with Gasteiger partial charge in [0.2, 0.25) is 0 Å². The summed E-state index contributed by atoms with van der Waals surface area (Å²) in [7, 11) is 0. The first-order valence-electron chi connectivity index (χ1n) is 7.18. The summed E-state index contributed by atoms with van der Waals surface area (Å²) < 4.78 is 0. The van der Waals surface area contributed by atoms with Crippen LogP contribution in [0, 0.1) is 13.8 Å². The average molecular weight is 277 g/mol. The van der Waals surface area contributed by atoms with Crippen LogP contribution in [-0.4, -0.2) is 9.97 Å². The van der Waals surface area contributed by atoms with Crippen molar-refractivity contribution >= 4 is 16.7 Å². The van der Waals surface area contributed by atoms with Crippen LogP contribution in [0.5, 0.6) is 0 Å². The molecule has 0 saturated heterocycles. The molecule has 21 heavy (non-hydrogen) atoms. The topological polar surface area (TPSA) is 37.8 Å². The Morgan fingerprint density at radius 1 is 0.905 bits per heavy atom. The van der Waals surface area contributed by atoms with Crippen LogP contribution in [0.25, 0.3) is 11.0 Å². The lowest BCUT2D eigenvalue weighted by atomic mass is 10.00. The van der Waals surface area contributed by atoms with Gasteiger partial charge >= 0.3 is 0 Å². The van der Waals surface area contributed by atoms with E-state index in [1.54, 1.807) is 12.4 Å². The first-order valence-corrected chi connectivity index (χ1v) is 7.18. The molecule has 3 nitrogen and oxygen atoms in total. The number of hydrogen-bond donors (Lipinski definition) is 1. The molecule has 2 aromatic carbocycles. The van der Waals surface area contributed by atoms with Crippen LogP contribution in [0.1, 0.15) is 29.7 Å². The molecule has 0 aliphatic carbocycles. The van der Waals surface area contributed by atoms with Crippen LogP contribution in [0.15, 0.2) is 48.8 Å². The number of nitrogens with one attached hydrogen (secondary N) is 1. The summed E-state index contributed by atoms with van der Waals surface area (Å²) in [6.45, 7) is 6.46. The fourth-order valence-corrected chi connectivity index (χ4v) is 2.69. The minimum Gasteiger partial charge on any atom is -0.378 e.